The average molecular weight is 558 g/mol. The van der Waals surface area contributed by atoms with Gasteiger partial charge in [-0.2, -0.15) is 0 Å². The van der Waals surface area contributed by atoms with E-state index in [0.29, 0.717) is 6.54 Å². The van der Waals surface area contributed by atoms with Crippen molar-refractivity contribution in [1.82, 2.24) is 25.2 Å². The number of hydrogen-bond donors (Lipinski definition) is 2. The molecular formula is C25H31IN6O. The van der Waals surface area contributed by atoms with Crippen LogP contribution in [-0.4, -0.2) is 33.1 Å². The lowest BCUT2D eigenvalue weighted by molar-refractivity contribution is 0.0396. The summed E-state index contributed by atoms with van der Waals surface area (Å²) in [6.45, 7) is 2.61. The number of nitrogens with one attached hydrogen (secondary N) is 2. The average Bonchev–Trinajstić information content (AvgIpc) is 3.45. The van der Waals surface area contributed by atoms with Gasteiger partial charge in [-0.1, -0.05) is 24.3 Å². The first kappa shape index (κ1) is 23.5. The van der Waals surface area contributed by atoms with Gasteiger partial charge in [-0.25, -0.2) is 9.97 Å². The third-order valence-electron chi connectivity index (χ3n) is 6.59. The molecule has 1 aromatic carbocycles. The van der Waals surface area contributed by atoms with E-state index in [4.69, 9.17) is 4.74 Å². The van der Waals surface area contributed by atoms with E-state index in [-0.39, 0.29) is 35.6 Å². The maximum Gasteiger partial charge on any atom is 0.191 e. The predicted molar refractivity (Wildman–Crippen MR) is 140 cm³/mol. The van der Waals surface area contributed by atoms with Crippen molar-refractivity contribution in [3.63, 3.8) is 0 Å². The molecule has 8 heteroatoms. The fraction of sp³-hybridized carbons (Fsp3) is 0.400. The number of benzene rings is 1. The normalized spacial score (nSPS) is 18.8. The molecule has 0 saturated heterocycles. The van der Waals surface area contributed by atoms with Crippen LogP contribution in [0.3, 0.4) is 0 Å². The topological polar surface area (TPSA) is 76.4 Å². The van der Waals surface area contributed by atoms with Crippen LogP contribution >= 0.6 is 24.0 Å². The molecule has 0 amide bonds. The van der Waals surface area contributed by atoms with Gasteiger partial charge in [0.05, 0.1) is 6.04 Å². The first-order valence-electron chi connectivity index (χ1n) is 11.4. The molecule has 5 rings (SSSR count). The summed E-state index contributed by atoms with van der Waals surface area (Å²) in [5.74, 6) is 3.58. The van der Waals surface area contributed by atoms with Gasteiger partial charge >= 0.3 is 0 Å². The van der Waals surface area contributed by atoms with Gasteiger partial charge in [0.25, 0.3) is 0 Å². The molecule has 7 nitrogen and oxygen atoms in total. The molecule has 0 bridgehead atoms. The molecule has 3 heterocycles. The number of ether oxygens (including phenoxy) is 1. The summed E-state index contributed by atoms with van der Waals surface area (Å²) in [4.78, 5) is 13.3. The smallest absolute Gasteiger partial charge is 0.191 e. The molecule has 1 spiro atoms. The summed E-state index contributed by atoms with van der Waals surface area (Å²) >= 11 is 0. The van der Waals surface area contributed by atoms with Crippen LogP contribution in [0, 0.1) is 6.92 Å². The number of imidazole rings is 1. The largest absolute Gasteiger partial charge is 0.487 e. The van der Waals surface area contributed by atoms with Crippen molar-refractivity contribution in [2.45, 2.75) is 57.2 Å². The van der Waals surface area contributed by atoms with Crippen LogP contribution in [0.5, 0.6) is 5.75 Å². The van der Waals surface area contributed by atoms with Crippen LogP contribution in [0.2, 0.25) is 0 Å². The number of aromatic nitrogens is 3. The molecule has 3 aromatic rings. The first-order chi connectivity index (χ1) is 15.7. The Morgan fingerprint density at radius 1 is 1.18 bits per heavy atom. The maximum atomic E-state index is 6.49. The molecule has 0 radical (unpaired) electrons. The minimum Gasteiger partial charge on any atom is -0.487 e. The fourth-order valence-corrected chi connectivity index (χ4v) is 4.90. The van der Waals surface area contributed by atoms with E-state index in [2.05, 4.69) is 55.9 Å². The number of hydrogen-bond acceptors (Lipinski definition) is 4. The van der Waals surface area contributed by atoms with Crippen LogP contribution in [-0.2, 0) is 6.54 Å². The molecule has 2 N–H and O–H groups in total. The van der Waals surface area contributed by atoms with Crippen molar-refractivity contribution in [3.8, 4) is 11.6 Å². The summed E-state index contributed by atoms with van der Waals surface area (Å²) in [6.07, 6.45) is 11.3. The van der Waals surface area contributed by atoms with Gasteiger partial charge in [0.15, 0.2) is 5.96 Å². The van der Waals surface area contributed by atoms with Crippen molar-refractivity contribution in [1.29, 1.82) is 0 Å². The Balaban J connectivity index is 0.00000259. The number of aryl methyl sites for hydroxylation is 1. The summed E-state index contributed by atoms with van der Waals surface area (Å²) in [5.41, 5.74) is 2.25. The number of fused-ring (bicyclic) bond motifs is 1. The molecule has 1 saturated carbocycles. The summed E-state index contributed by atoms with van der Waals surface area (Å²) < 4.78 is 8.46. The molecule has 2 aliphatic rings. The van der Waals surface area contributed by atoms with Gasteiger partial charge in [0, 0.05) is 44.2 Å². The molecule has 1 fully saturated rings. The Kier molecular flexibility index (Phi) is 7.21. The van der Waals surface area contributed by atoms with E-state index in [1.807, 2.05) is 37.0 Å². The monoisotopic (exact) mass is 558 g/mol. The van der Waals surface area contributed by atoms with E-state index in [0.717, 1.165) is 48.2 Å². The fourth-order valence-electron chi connectivity index (χ4n) is 4.90. The second-order valence-corrected chi connectivity index (χ2v) is 8.73. The predicted octanol–water partition coefficient (Wildman–Crippen LogP) is 4.70. The van der Waals surface area contributed by atoms with Crippen LogP contribution in [0.15, 0.2) is 60.0 Å². The summed E-state index contributed by atoms with van der Waals surface area (Å²) in [7, 11) is 1.81. The number of guanidine groups is 1. The zero-order chi connectivity index (χ0) is 22.0. The molecule has 2 aromatic heterocycles. The second kappa shape index (κ2) is 10.1. The number of aliphatic imine (C=N–C) groups is 1. The lowest BCUT2D eigenvalue weighted by atomic mass is 9.86. The molecular weight excluding hydrogens is 527 g/mol. The minimum atomic E-state index is -0.0456. The Morgan fingerprint density at radius 2 is 2.00 bits per heavy atom. The number of rotatable bonds is 4. The molecule has 1 atom stereocenters. The van der Waals surface area contributed by atoms with Gasteiger partial charge < -0.3 is 15.4 Å². The Hall–Kier alpha value is -2.62. The third-order valence-corrected chi connectivity index (χ3v) is 6.59. The Bertz CT molecular complexity index is 1100. The van der Waals surface area contributed by atoms with Crippen LogP contribution in [0.1, 0.15) is 55.1 Å². The standard InChI is InChI=1S/C25H30N6O.HI/c1-18-27-13-14-31(18)23-10-9-19(16-28-23)17-29-24(26-2)30-21-15-25(11-5-6-12-25)32-22-8-4-3-7-20(21)22;/h3-4,7-10,13-14,16,21H,5-6,11-12,15,17H2,1-2H3,(H2,26,29,30);1H. The second-order valence-electron chi connectivity index (χ2n) is 8.73. The van der Waals surface area contributed by atoms with Crippen LogP contribution in [0.4, 0.5) is 0 Å². The summed E-state index contributed by atoms with van der Waals surface area (Å²) in [6, 6.07) is 12.7. The molecule has 33 heavy (non-hydrogen) atoms. The highest BCUT2D eigenvalue weighted by Crippen LogP contribution is 2.46. The quantitative estimate of drug-likeness (QED) is 0.276. The first-order valence-corrected chi connectivity index (χ1v) is 11.4. The SMILES string of the molecule is CN=C(NCc1ccc(-n2ccnc2C)nc1)NC1CC2(CCCC2)Oc2ccccc21.I. The van der Waals surface area contributed by atoms with Gasteiger partial charge in [0.1, 0.15) is 23.0 Å². The molecule has 174 valence electrons. The highest BCUT2D eigenvalue weighted by molar-refractivity contribution is 14.0. The lowest BCUT2D eigenvalue weighted by Crippen LogP contribution is -2.46. The van der Waals surface area contributed by atoms with Gasteiger partial charge in [-0.15, -0.1) is 24.0 Å². The highest BCUT2D eigenvalue weighted by Gasteiger charge is 2.43. The van der Waals surface area contributed by atoms with Crippen LogP contribution in [0.25, 0.3) is 5.82 Å². The van der Waals surface area contributed by atoms with E-state index >= 15 is 0 Å². The zero-order valence-electron chi connectivity index (χ0n) is 19.1. The maximum absolute atomic E-state index is 6.49. The Morgan fingerprint density at radius 3 is 2.70 bits per heavy atom. The molecule has 1 unspecified atom stereocenters. The number of nitrogens with zero attached hydrogens (tertiary/aromatic N) is 4. The molecule has 1 aliphatic heterocycles. The van der Waals surface area contributed by atoms with Gasteiger partial charge in [-0.05, 0) is 50.3 Å². The number of halogens is 1. The van der Waals surface area contributed by atoms with Gasteiger partial charge in [0.2, 0.25) is 0 Å². The lowest BCUT2D eigenvalue weighted by Gasteiger charge is -2.40. The Labute approximate surface area is 212 Å². The van der Waals surface area contributed by atoms with E-state index < -0.39 is 0 Å². The van der Waals surface area contributed by atoms with Crippen LogP contribution < -0.4 is 15.4 Å². The van der Waals surface area contributed by atoms with Gasteiger partial charge in [-0.3, -0.25) is 9.56 Å². The summed E-state index contributed by atoms with van der Waals surface area (Å²) in [5, 5.41) is 7.10. The van der Waals surface area contributed by atoms with Crippen molar-refractivity contribution in [2.24, 2.45) is 4.99 Å². The van der Waals surface area contributed by atoms with Crippen molar-refractivity contribution >= 4 is 29.9 Å². The highest BCUT2D eigenvalue weighted by atomic mass is 127. The van der Waals surface area contributed by atoms with E-state index in [9.17, 15) is 0 Å². The van der Waals surface area contributed by atoms with E-state index in [1.54, 1.807) is 6.20 Å². The van der Waals surface area contributed by atoms with Crippen molar-refractivity contribution in [2.75, 3.05) is 7.05 Å². The van der Waals surface area contributed by atoms with E-state index in [1.165, 1.54) is 18.4 Å². The molecule has 1 aliphatic carbocycles. The third kappa shape index (κ3) is 5.00. The number of para-hydroxylation sites is 1. The minimum absolute atomic E-state index is 0. The van der Waals surface area contributed by atoms with Crippen molar-refractivity contribution in [3.05, 3.63) is 71.9 Å². The number of pyridine rings is 1. The zero-order valence-corrected chi connectivity index (χ0v) is 21.5. The van der Waals surface area contributed by atoms with Crippen molar-refractivity contribution < 1.29 is 4.74 Å².